The molecule has 1 amide bonds. The fraction of sp³-hybridized carbons (Fsp3) is 0.207. The summed E-state index contributed by atoms with van der Waals surface area (Å²) < 4.78 is 1.09. The Morgan fingerprint density at radius 3 is 2.43 bits per heavy atom. The first-order valence-corrected chi connectivity index (χ1v) is 12.6. The van der Waals surface area contributed by atoms with Crippen LogP contribution in [0.2, 0.25) is 0 Å². The number of thiazole rings is 1. The summed E-state index contributed by atoms with van der Waals surface area (Å²) in [6, 6.07) is 26.0. The Morgan fingerprint density at radius 1 is 0.857 bits per heavy atom. The number of hydrogen-bond donors (Lipinski definition) is 0. The molecular formula is C29H28N4OS. The molecule has 0 aliphatic heterocycles. The third-order valence-electron chi connectivity index (χ3n) is 6.01. The highest BCUT2D eigenvalue weighted by Gasteiger charge is 2.24. The molecule has 0 N–H and O–H groups in total. The van der Waals surface area contributed by atoms with Gasteiger partial charge in [-0.1, -0.05) is 65.9 Å². The molecule has 2 aromatic heterocycles. The molecule has 5 nitrogen and oxygen atoms in total. The lowest BCUT2D eigenvalue weighted by molar-refractivity contribution is 0.0987. The van der Waals surface area contributed by atoms with E-state index in [1.165, 1.54) is 5.56 Å². The first-order chi connectivity index (χ1) is 17.0. The summed E-state index contributed by atoms with van der Waals surface area (Å²) in [6.45, 7) is 3.56. The van der Waals surface area contributed by atoms with E-state index < -0.39 is 0 Å². The molecule has 0 saturated heterocycles. The van der Waals surface area contributed by atoms with E-state index in [-0.39, 0.29) is 5.91 Å². The van der Waals surface area contributed by atoms with Crippen molar-refractivity contribution < 1.29 is 4.79 Å². The number of carbonyl (C=O) groups is 1. The summed E-state index contributed by atoms with van der Waals surface area (Å²) in [4.78, 5) is 27.9. The Labute approximate surface area is 209 Å². The maximum Gasteiger partial charge on any atom is 0.260 e. The van der Waals surface area contributed by atoms with Crippen LogP contribution >= 0.6 is 11.3 Å². The number of para-hydroxylation sites is 1. The van der Waals surface area contributed by atoms with Gasteiger partial charge in [0.25, 0.3) is 5.91 Å². The maximum absolute atomic E-state index is 14.2. The number of amides is 1. The third-order valence-corrected chi connectivity index (χ3v) is 7.05. The zero-order valence-electron chi connectivity index (χ0n) is 20.2. The fourth-order valence-corrected chi connectivity index (χ4v) is 5.31. The van der Waals surface area contributed by atoms with Crippen molar-refractivity contribution in [3.8, 4) is 11.3 Å². The molecule has 176 valence electrons. The molecule has 5 rings (SSSR count). The number of anilines is 1. The highest BCUT2D eigenvalue weighted by Crippen LogP contribution is 2.32. The summed E-state index contributed by atoms with van der Waals surface area (Å²) in [5, 5.41) is 1.59. The van der Waals surface area contributed by atoms with Crippen molar-refractivity contribution in [2.24, 2.45) is 0 Å². The van der Waals surface area contributed by atoms with Crippen LogP contribution in [0, 0.1) is 6.92 Å². The third kappa shape index (κ3) is 4.94. The number of fused-ring (bicyclic) bond motifs is 2. The van der Waals surface area contributed by atoms with Gasteiger partial charge in [-0.25, -0.2) is 9.97 Å². The number of nitrogens with zero attached hydrogens (tertiary/aromatic N) is 4. The molecule has 6 heteroatoms. The second-order valence-corrected chi connectivity index (χ2v) is 10.0. The number of benzene rings is 3. The van der Waals surface area contributed by atoms with Crippen LogP contribution in [0.15, 0.2) is 78.9 Å². The largest absolute Gasteiger partial charge is 0.309 e. The number of aromatic nitrogens is 2. The van der Waals surface area contributed by atoms with Gasteiger partial charge in [-0.15, -0.1) is 0 Å². The van der Waals surface area contributed by atoms with E-state index in [9.17, 15) is 4.79 Å². The summed E-state index contributed by atoms with van der Waals surface area (Å²) in [7, 11) is 4.10. The molecule has 3 aromatic carbocycles. The van der Waals surface area contributed by atoms with E-state index in [1.807, 2.05) is 71.6 Å². The molecule has 0 aliphatic carbocycles. The normalized spacial score (nSPS) is 11.4. The molecule has 35 heavy (non-hydrogen) atoms. The van der Waals surface area contributed by atoms with Gasteiger partial charge in [0, 0.05) is 17.5 Å². The number of pyridine rings is 1. The second kappa shape index (κ2) is 9.94. The van der Waals surface area contributed by atoms with Gasteiger partial charge >= 0.3 is 0 Å². The van der Waals surface area contributed by atoms with Gasteiger partial charge in [-0.05, 0) is 63.8 Å². The van der Waals surface area contributed by atoms with Gasteiger partial charge in [0.05, 0.1) is 27.0 Å². The standard InChI is InChI=1S/C29H28N4OS/c1-20-14-15-25-27(18-20)35-29(31-25)33(17-9-16-32(2)3)28(34)23-19-26(21-10-5-4-6-11-21)30-24-13-8-7-12-22(23)24/h4-8,10-15,18-19H,9,16-17H2,1-3H3. The van der Waals surface area contributed by atoms with E-state index >= 15 is 0 Å². The molecule has 5 aromatic rings. The van der Waals surface area contributed by atoms with Crippen molar-refractivity contribution >= 4 is 43.5 Å². The molecule has 0 fully saturated rings. The first-order valence-electron chi connectivity index (χ1n) is 11.8. The fourth-order valence-electron chi connectivity index (χ4n) is 4.22. The van der Waals surface area contributed by atoms with E-state index in [4.69, 9.17) is 9.97 Å². The van der Waals surface area contributed by atoms with Gasteiger partial charge < -0.3 is 4.90 Å². The van der Waals surface area contributed by atoms with E-state index in [0.717, 1.165) is 50.5 Å². The van der Waals surface area contributed by atoms with Crippen molar-refractivity contribution in [1.82, 2.24) is 14.9 Å². The van der Waals surface area contributed by atoms with E-state index in [1.54, 1.807) is 11.3 Å². The summed E-state index contributed by atoms with van der Waals surface area (Å²) in [5.41, 5.74) is 5.35. The Hall–Kier alpha value is -3.61. The zero-order valence-corrected chi connectivity index (χ0v) is 21.0. The average molecular weight is 481 g/mol. The SMILES string of the molecule is Cc1ccc2nc(N(CCCN(C)C)C(=O)c3cc(-c4ccccc4)nc4ccccc34)sc2c1. The predicted octanol–water partition coefficient (Wildman–Crippen LogP) is 6.42. The Balaban J connectivity index is 1.62. The smallest absolute Gasteiger partial charge is 0.260 e. The van der Waals surface area contributed by atoms with Crippen LogP contribution < -0.4 is 4.90 Å². The number of aryl methyl sites for hydroxylation is 1. The minimum atomic E-state index is -0.0460. The maximum atomic E-state index is 14.2. The Kier molecular flexibility index (Phi) is 6.57. The molecular weight excluding hydrogens is 452 g/mol. The van der Waals surface area contributed by atoms with Crippen molar-refractivity contribution in [3.63, 3.8) is 0 Å². The zero-order chi connectivity index (χ0) is 24.4. The molecule has 0 aliphatic rings. The molecule has 0 bridgehead atoms. The summed E-state index contributed by atoms with van der Waals surface area (Å²) in [6.07, 6.45) is 0.849. The molecule has 0 spiro atoms. The van der Waals surface area contributed by atoms with Crippen LogP contribution in [-0.4, -0.2) is 48.0 Å². The summed E-state index contributed by atoms with van der Waals surface area (Å²) in [5.74, 6) is -0.0460. The van der Waals surface area contributed by atoms with Crippen LogP contribution in [0.1, 0.15) is 22.3 Å². The topological polar surface area (TPSA) is 49.3 Å². The van der Waals surface area contributed by atoms with Gasteiger partial charge in [0.15, 0.2) is 5.13 Å². The number of rotatable bonds is 7. The van der Waals surface area contributed by atoms with Crippen LogP contribution in [0.5, 0.6) is 0 Å². The molecule has 0 saturated carbocycles. The van der Waals surface area contributed by atoms with E-state index in [0.29, 0.717) is 12.1 Å². The molecule has 0 unspecified atom stereocenters. The monoisotopic (exact) mass is 480 g/mol. The van der Waals surface area contributed by atoms with Crippen molar-refractivity contribution in [1.29, 1.82) is 0 Å². The van der Waals surface area contributed by atoms with Crippen LogP contribution in [0.25, 0.3) is 32.4 Å². The van der Waals surface area contributed by atoms with Crippen LogP contribution in [0.3, 0.4) is 0 Å². The highest BCUT2D eigenvalue weighted by molar-refractivity contribution is 7.22. The van der Waals surface area contributed by atoms with Crippen LogP contribution in [0.4, 0.5) is 5.13 Å². The van der Waals surface area contributed by atoms with Crippen molar-refractivity contribution in [2.75, 3.05) is 32.1 Å². The minimum absolute atomic E-state index is 0.0460. The molecule has 0 atom stereocenters. The van der Waals surface area contributed by atoms with Crippen molar-refractivity contribution in [3.05, 3.63) is 90.0 Å². The lowest BCUT2D eigenvalue weighted by Crippen LogP contribution is -2.33. The molecule has 0 radical (unpaired) electrons. The van der Waals surface area contributed by atoms with Crippen LogP contribution in [-0.2, 0) is 0 Å². The van der Waals surface area contributed by atoms with Gasteiger partial charge in [-0.3, -0.25) is 9.69 Å². The number of carbonyl (C=O) groups excluding carboxylic acids is 1. The molecule has 2 heterocycles. The van der Waals surface area contributed by atoms with Gasteiger partial charge in [0.2, 0.25) is 0 Å². The lowest BCUT2D eigenvalue weighted by atomic mass is 10.0. The minimum Gasteiger partial charge on any atom is -0.309 e. The summed E-state index contributed by atoms with van der Waals surface area (Å²) >= 11 is 1.57. The Bertz CT molecular complexity index is 1490. The Morgan fingerprint density at radius 2 is 1.63 bits per heavy atom. The predicted molar refractivity (Wildman–Crippen MR) is 146 cm³/mol. The number of hydrogen-bond acceptors (Lipinski definition) is 5. The van der Waals surface area contributed by atoms with Gasteiger partial charge in [-0.2, -0.15) is 0 Å². The highest BCUT2D eigenvalue weighted by atomic mass is 32.1. The average Bonchev–Trinajstić information content (AvgIpc) is 3.28. The van der Waals surface area contributed by atoms with Crippen molar-refractivity contribution in [2.45, 2.75) is 13.3 Å². The quantitative estimate of drug-likeness (QED) is 0.270. The second-order valence-electron chi connectivity index (χ2n) is 9.02. The van der Waals surface area contributed by atoms with E-state index in [2.05, 4.69) is 38.1 Å². The van der Waals surface area contributed by atoms with Gasteiger partial charge in [0.1, 0.15) is 0 Å². The first kappa shape index (κ1) is 23.1. The lowest BCUT2D eigenvalue weighted by Gasteiger charge is -2.22.